The van der Waals surface area contributed by atoms with Crippen LogP contribution in [0.3, 0.4) is 0 Å². The predicted molar refractivity (Wildman–Crippen MR) is 71.8 cm³/mol. The Morgan fingerprint density at radius 1 is 1.29 bits per heavy atom. The molecular formula is C16H28O. The average molecular weight is 236 g/mol. The number of hydrogen-bond donors (Lipinski definition) is 0. The summed E-state index contributed by atoms with van der Waals surface area (Å²) < 4.78 is 0. The van der Waals surface area contributed by atoms with E-state index < -0.39 is 0 Å². The monoisotopic (exact) mass is 236 g/mol. The van der Waals surface area contributed by atoms with Gasteiger partial charge < -0.3 is 0 Å². The van der Waals surface area contributed by atoms with E-state index in [1.807, 2.05) is 6.92 Å². The van der Waals surface area contributed by atoms with Crippen molar-refractivity contribution < 1.29 is 4.79 Å². The first-order valence-electron chi connectivity index (χ1n) is 7.51. The number of ketones is 1. The van der Waals surface area contributed by atoms with Gasteiger partial charge in [0.25, 0.3) is 0 Å². The van der Waals surface area contributed by atoms with Crippen LogP contribution in [0.1, 0.15) is 66.2 Å². The molecule has 0 amide bonds. The molecule has 2 aliphatic rings. The largest absolute Gasteiger partial charge is 0.300 e. The molecule has 0 saturated heterocycles. The van der Waals surface area contributed by atoms with Crippen LogP contribution < -0.4 is 0 Å². The Hall–Kier alpha value is -0.330. The van der Waals surface area contributed by atoms with Gasteiger partial charge in [-0.2, -0.15) is 0 Å². The quantitative estimate of drug-likeness (QED) is 0.707. The summed E-state index contributed by atoms with van der Waals surface area (Å²) in [6.45, 7) is 8.95. The topological polar surface area (TPSA) is 17.1 Å². The Kier molecular flexibility index (Phi) is 3.66. The summed E-state index contributed by atoms with van der Waals surface area (Å²) in [4.78, 5) is 11.9. The SMILES string of the molecule is CCCC1C(C)CCC2(C)C(C(C)=O)CCC12. The molecule has 2 saturated carbocycles. The lowest BCUT2D eigenvalue weighted by Gasteiger charge is -2.47. The highest BCUT2D eigenvalue weighted by atomic mass is 16.1. The number of carbonyl (C=O) groups excluding carboxylic acids is 1. The zero-order valence-corrected chi connectivity index (χ0v) is 12.0. The minimum atomic E-state index is 0.332. The van der Waals surface area contributed by atoms with Crippen LogP contribution in [0.5, 0.6) is 0 Å². The highest BCUT2D eigenvalue weighted by Gasteiger charge is 2.53. The molecule has 98 valence electrons. The van der Waals surface area contributed by atoms with Gasteiger partial charge in [0.05, 0.1) is 0 Å². The van der Waals surface area contributed by atoms with Crippen LogP contribution in [0.4, 0.5) is 0 Å². The zero-order valence-electron chi connectivity index (χ0n) is 12.0. The summed E-state index contributed by atoms with van der Waals surface area (Å²) >= 11 is 0. The second-order valence-corrected chi connectivity index (χ2v) is 6.82. The van der Waals surface area contributed by atoms with Gasteiger partial charge >= 0.3 is 0 Å². The number of rotatable bonds is 3. The standard InChI is InChI=1S/C16H28O/c1-5-6-13-11(2)9-10-16(4)14(12(3)17)7-8-15(13)16/h11,13-15H,5-10H2,1-4H3. The van der Waals surface area contributed by atoms with Gasteiger partial charge in [-0.1, -0.05) is 33.6 Å². The molecule has 0 aromatic carbocycles. The molecule has 17 heavy (non-hydrogen) atoms. The Balaban J connectivity index is 2.22. The molecule has 5 unspecified atom stereocenters. The Labute approximate surface area is 106 Å². The van der Waals surface area contributed by atoms with Gasteiger partial charge in [0.15, 0.2) is 0 Å². The number of carbonyl (C=O) groups is 1. The van der Waals surface area contributed by atoms with Crippen molar-refractivity contribution in [1.82, 2.24) is 0 Å². The Morgan fingerprint density at radius 3 is 2.59 bits per heavy atom. The molecule has 2 rings (SSSR count). The third-order valence-electron chi connectivity index (χ3n) is 5.91. The maximum Gasteiger partial charge on any atom is 0.133 e. The Bertz CT molecular complexity index is 296. The molecule has 0 heterocycles. The lowest BCUT2D eigenvalue weighted by atomic mass is 9.57. The number of Topliss-reactive ketones (excluding diaryl/α,β-unsaturated/α-hetero) is 1. The van der Waals surface area contributed by atoms with E-state index in [1.54, 1.807) is 0 Å². The second-order valence-electron chi connectivity index (χ2n) is 6.82. The fourth-order valence-electron chi connectivity index (χ4n) is 4.96. The minimum Gasteiger partial charge on any atom is -0.300 e. The highest BCUT2D eigenvalue weighted by molar-refractivity contribution is 5.79. The highest BCUT2D eigenvalue weighted by Crippen LogP contribution is 2.59. The van der Waals surface area contributed by atoms with Gasteiger partial charge in [-0.15, -0.1) is 0 Å². The fraction of sp³-hybridized carbons (Fsp3) is 0.938. The zero-order chi connectivity index (χ0) is 12.6. The lowest BCUT2D eigenvalue weighted by molar-refractivity contribution is -0.126. The van der Waals surface area contributed by atoms with E-state index in [1.165, 1.54) is 32.1 Å². The first-order chi connectivity index (χ1) is 8.00. The van der Waals surface area contributed by atoms with Crippen LogP contribution in [0.15, 0.2) is 0 Å². The number of fused-ring (bicyclic) bond motifs is 1. The van der Waals surface area contributed by atoms with Gasteiger partial charge in [0.2, 0.25) is 0 Å². The average Bonchev–Trinajstić information content (AvgIpc) is 2.61. The molecule has 0 bridgehead atoms. The minimum absolute atomic E-state index is 0.332. The van der Waals surface area contributed by atoms with Gasteiger partial charge in [-0.05, 0) is 55.8 Å². The van der Waals surface area contributed by atoms with Crippen molar-refractivity contribution in [3.63, 3.8) is 0 Å². The van der Waals surface area contributed by atoms with Gasteiger partial charge in [-0.3, -0.25) is 4.79 Å². The molecule has 0 radical (unpaired) electrons. The summed E-state index contributed by atoms with van der Waals surface area (Å²) in [5, 5.41) is 0. The van der Waals surface area contributed by atoms with Crippen LogP contribution in [-0.2, 0) is 4.79 Å². The lowest BCUT2D eigenvalue weighted by Crippen LogP contribution is -2.42. The van der Waals surface area contributed by atoms with Crippen molar-refractivity contribution in [2.75, 3.05) is 0 Å². The van der Waals surface area contributed by atoms with E-state index in [2.05, 4.69) is 20.8 Å². The summed E-state index contributed by atoms with van der Waals surface area (Å²) in [7, 11) is 0. The van der Waals surface area contributed by atoms with Crippen LogP contribution in [-0.4, -0.2) is 5.78 Å². The number of hydrogen-bond acceptors (Lipinski definition) is 1. The maximum atomic E-state index is 11.9. The van der Waals surface area contributed by atoms with Gasteiger partial charge in [0, 0.05) is 5.92 Å². The normalized spacial score (nSPS) is 45.6. The third kappa shape index (κ3) is 2.06. The summed E-state index contributed by atoms with van der Waals surface area (Å²) in [6.07, 6.45) is 7.74. The summed E-state index contributed by atoms with van der Waals surface area (Å²) in [6, 6.07) is 0. The van der Waals surface area contributed by atoms with Crippen molar-refractivity contribution in [2.24, 2.45) is 29.1 Å². The van der Waals surface area contributed by atoms with E-state index in [0.717, 1.165) is 24.2 Å². The first-order valence-corrected chi connectivity index (χ1v) is 7.51. The predicted octanol–water partition coefficient (Wildman–Crippen LogP) is 4.45. The molecule has 1 nitrogen and oxygen atoms in total. The molecular weight excluding hydrogens is 208 g/mol. The molecule has 0 aromatic heterocycles. The van der Waals surface area contributed by atoms with Crippen LogP contribution in [0.2, 0.25) is 0 Å². The van der Waals surface area contributed by atoms with E-state index in [9.17, 15) is 4.79 Å². The summed E-state index contributed by atoms with van der Waals surface area (Å²) in [5.74, 6) is 3.38. The molecule has 2 aliphatic carbocycles. The van der Waals surface area contributed by atoms with Crippen molar-refractivity contribution in [3.8, 4) is 0 Å². The smallest absolute Gasteiger partial charge is 0.133 e. The fourth-order valence-corrected chi connectivity index (χ4v) is 4.96. The second kappa shape index (κ2) is 4.74. The molecule has 5 atom stereocenters. The van der Waals surface area contributed by atoms with E-state index >= 15 is 0 Å². The molecule has 0 aliphatic heterocycles. The van der Waals surface area contributed by atoms with Gasteiger partial charge in [0.1, 0.15) is 5.78 Å². The molecule has 2 fully saturated rings. The van der Waals surface area contributed by atoms with Crippen molar-refractivity contribution in [2.45, 2.75) is 66.2 Å². The van der Waals surface area contributed by atoms with E-state index in [-0.39, 0.29) is 0 Å². The van der Waals surface area contributed by atoms with Crippen molar-refractivity contribution >= 4 is 5.78 Å². The van der Waals surface area contributed by atoms with E-state index in [4.69, 9.17) is 0 Å². The summed E-state index contributed by atoms with van der Waals surface area (Å²) in [5.41, 5.74) is 0.332. The third-order valence-corrected chi connectivity index (χ3v) is 5.91. The van der Waals surface area contributed by atoms with Crippen LogP contribution in [0, 0.1) is 29.1 Å². The maximum absolute atomic E-state index is 11.9. The van der Waals surface area contributed by atoms with Crippen LogP contribution in [0.25, 0.3) is 0 Å². The molecule has 1 heteroatoms. The first kappa shape index (κ1) is 13.1. The molecule has 0 spiro atoms. The van der Waals surface area contributed by atoms with Crippen molar-refractivity contribution in [1.29, 1.82) is 0 Å². The molecule has 0 N–H and O–H groups in total. The van der Waals surface area contributed by atoms with Crippen LogP contribution >= 0.6 is 0 Å². The van der Waals surface area contributed by atoms with Gasteiger partial charge in [-0.25, -0.2) is 0 Å². The Morgan fingerprint density at radius 2 is 2.00 bits per heavy atom. The van der Waals surface area contributed by atoms with E-state index in [0.29, 0.717) is 17.1 Å². The molecule has 0 aromatic rings. The van der Waals surface area contributed by atoms with Crippen molar-refractivity contribution in [3.05, 3.63) is 0 Å².